The van der Waals surface area contributed by atoms with Crippen molar-refractivity contribution in [2.24, 2.45) is 0 Å². The van der Waals surface area contributed by atoms with Crippen LogP contribution in [0.25, 0.3) is 0 Å². The quantitative estimate of drug-likeness (QED) is 0.742. The molecule has 0 aliphatic carbocycles. The minimum Gasteiger partial charge on any atom is -0.356 e. The van der Waals surface area contributed by atoms with Gasteiger partial charge in [-0.05, 0) is 13.3 Å². The topological polar surface area (TPSA) is 29.9 Å². The van der Waals surface area contributed by atoms with Gasteiger partial charge in [-0.1, -0.05) is 13.3 Å². The van der Waals surface area contributed by atoms with Crippen LogP contribution in [0.1, 0.15) is 25.5 Å². The van der Waals surface area contributed by atoms with Crippen molar-refractivity contribution >= 4 is 5.95 Å². The Morgan fingerprint density at radius 2 is 2.27 bits per heavy atom. The number of anilines is 1. The van der Waals surface area contributed by atoms with Crippen molar-refractivity contribution < 1.29 is 8.78 Å². The SMILES string of the molecule is CCCCNc1nc(C)cn1CC(F)F. The van der Waals surface area contributed by atoms with Crippen LogP contribution in [0.2, 0.25) is 0 Å². The number of nitrogens with one attached hydrogen (secondary N) is 1. The van der Waals surface area contributed by atoms with E-state index in [2.05, 4.69) is 17.2 Å². The van der Waals surface area contributed by atoms with Crippen LogP contribution in [-0.2, 0) is 6.54 Å². The highest BCUT2D eigenvalue weighted by molar-refractivity contribution is 5.28. The number of hydrogen-bond donors (Lipinski definition) is 1. The largest absolute Gasteiger partial charge is 0.356 e. The molecule has 0 amide bonds. The summed E-state index contributed by atoms with van der Waals surface area (Å²) in [6.45, 7) is 4.36. The van der Waals surface area contributed by atoms with Crippen molar-refractivity contribution in [2.45, 2.75) is 39.7 Å². The fourth-order valence-electron chi connectivity index (χ4n) is 1.35. The monoisotopic (exact) mass is 217 g/mol. The molecule has 0 unspecified atom stereocenters. The predicted octanol–water partition coefficient (Wildman–Crippen LogP) is 2.67. The lowest BCUT2D eigenvalue weighted by Crippen LogP contribution is -2.12. The summed E-state index contributed by atoms with van der Waals surface area (Å²) in [5.41, 5.74) is 0.759. The van der Waals surface area contributed by atoms with Crippen molar-refractivity contribution in [1.82, 2.24) is 9.55 Å². The normalized spacial score (nSPS) is 11.0. The summed E-state index contributed by atoms with van der Waals surface area (Å²) in [5, 5.41) is 3.06. The molecule has 0 saturated carbocycles. The highest BCUT2D eigenvalue weighted by Crippen LogP contribution is 2.11. The molecule has 0 aromatic carbocycles. The zero-order chi connectivity index (χ0) is 11.3. The predicted molar refractivity (Wildman–Crippen MR) is 56.4 cm³/mol. The van der Waals surface area contributed by atoms with Crippen LogP contribution in [-0.4, -0.2) is 22.5 Å². The lowest BCUT2D eigenvalue weighted by Gasteiger charge is -2.08. The van der Waals surface area contributed by atoms with Crippen LogP contribution in [0.4, 0.5) is 14.7 Å². The van der Waals surface area contributed by atoms with E-state index in [1.54, 1.807) is 13.1 Å². The lowest BCUT2D eigenvalue weighted by atomic mass is 10.3. The number of aromatic nitrogens is 2. The number of imidazole rings is 1. The molecular formula is C10H17F2N3. The van der Waals surface area contributed by atoms with Crippen LogP contribution < -0.4 is 5.32 Å². The standard InChI is InChI=1S/C10H17F2N3/c1-3-4-5-13-10-14-8(2)6-15(10)7-9(11)12/h6,9H,3-5,7H2,1-2H3,(H,13,14). The molecule has 1 heterocycles. The average molecular weight is 217 g/mol. The molecule has 1 aromatic heterocycles. The Bertz CT molecular complexity index is 297. The number of hydrogen-bond acceptors (Lipinski definition) is 2. The van der Waals surface area contributed by atoms with Crippen LogP contribution >= 0.6 is 0 Å². The van der Waals surface area contributed by atoms with Crippen molar-refractivity contribution in [1.29, 1.82) is 0 Å². The Labute approximate surface area is 88.5 Å². The fourth-order valence-corrected chi connectivity index (χ4v) is 1.35. The van der Waals surface area contributed by atoms with E-state index in [9.17, 15) is 8.78 Å². The van der Waals surface area contributed by atoms with Gasteiger partial charge in [-0.25, -0.2) is 13.8 Å². The molecule has 0 fully saturated rings. The average Bonchev–Trinajstić information content (AvgIpc) is 2.46. The Morgan fingerprint density at radius 1 is 1.53 bits per heavy atom. The van der Waals surface area contributed by atoms with Gasteiger partial charge in [0.05, 0.1) is 12.2 Å². The molecule has 1 N–H and O–H groups in total. The Balaban J connectivity index is 2.59. The second kappa shape index (κ2) is 5.68. The minimum atomic E-state index is -2.34. The third-order valence-corrected chi connectivity index (χ3v) is 2.05. The van der Waals surface area contributed by atoms with Crippen LogP contribution in [0.15, 0.2) is 6.20 Å². The molecule has 86 valence electrons. The van der Waals surface area contributed by atoms with Gasteiger partial charge in [0.25, 0.3) is 6.43 Å². The van der Waals surface area contributed by atoms with E-state index in [1.165, 1.54) is 4.57 Å². The number of aryl methyl sites for hydroxylation is 1. The molecule has 0 radical (unpaired) electrons. The van der Waals surface area contributed by atoms with Gasteiger partial charge in [0.15, 0.2) is 0 Å². The molecule has 3 nitrogen and oxygen atoms in total. The Kier molecular flexibility index (Phi) is 4.52. The first kappa shape index (κ1) is 11.9. The van der Waals surface area contributed by atoms with E-state index in [0.717, 1.165) is 25.1 Å². The molecule has 5 heteroatoms. The van der Waals surface area contributed by atoms with Crippen LogP contribution in [0.5, 0.6) is 0 Å². The molecule has 0 bridgehead atoms. The van der Waals surface area contributed by atoms with Gasteiger partial charge in [0, 0.05) is 12.7 Å². The summed E-state index contributed by atoms with van der Waals surface area (Å²) in [4.78, 5) is 4.15. The summed E-state index contributed by atoms with van der Waals surface area (Å²) in [6, 6.07) is 0. The number of nitrogens with zero attached hydrogens (tertiary/aromatic N) is 2. The summed E-state index contributed by atoms with van der Waals surface area (Å²) < 4.78 is 25.9. The molecule has 0 atom stereocenters. The van der Waals surface area contributed by atoms with Crippen molar-refractivity contribution in [3.8, 4) is 0 Å². The van der Waals surface area contributed by atoms with Gasteiger partial charge in [0.1, 0.15) is 0 Å². The van der Waals surface area contributed by atoms with E-state index < -0.39 is 6.43 Å². The zero-order valence-corrected chi connectivity index (χ0v) is 9.13. The van der Waals surface area contributed by atoms with Crippen molar-refractivity contribution in [3.63, 3.8) is 0 Å². The molecule has 0 aliphatic rings. The maximum absolute atomic E-state index is 12.2. The van der Waals surface area contributed by atoms with Gasteiger partial charge in [-0.2, -0.15) is 0 Å². The maximum atomic E-state index is 12.2. The second-order valence-corrected chi connectivity index (χ2v) is 3.53. The molecule has 0 aliphatic heterocycles. The van der Waals surface area contributed by atoms with Gasteiger partial charge in [0.2, 0.25) is 5.95 Å². The van der Waals surface area contributed by atoms with Gasteiger partial charge in [-0.15, -0.1) is 0 Å². The maximum Gasteiger partial charge on any atom is 0.256 e. The van der Waals surface area contributed by atoms with Crippen molar-refractivity contribution in [2.75, 3.05) is 11.9 Å². The van der Waals surface area contributed by atoms with E-state index in [0.29, 0.717) is 5.95 Å². The highest BCUT2D eigenvalue weighted by atomic mass is 19.3. The lowest BCUT2D eigenvalue weighted by molar-refractivity contribution is 0.127. The summed E-state index contributed by atoms with van der Waals surface area (Å²) in [6.07, 6.45) is 1.38. The highest BCUT2D eigenvalue weighted by Gasteiger charge is 2.09. The molecule has 1 rings (SSSR count). The minimum absolute atomic E-state index is 0.296. The van der Waals surface area contributed by atoms with Gasteiger partial charge < -0.3 is 9.88 Å². The van der Waals surface area contributed by atoms with E-state index >= 15 is 0 Å². The third kappa shape index (κ3) is 3.85. The number of rotatable bonds is 6. The van der Waals surface area contributed by atoms with Gasteiger partial charge in [-0.3, -0.25) is 0 Å². The second-order valence-electron chi connectivity index (χ2n) is 3.53. The van der Waals surface area contributed by atoms with Crippen molar-refractivity contribution in [3.05, 3.63) is 11.9 Å². The molecule has 15 heavy (non-hydrogen) atoms. The van der Waals surface area contributed by atoms with Crippen LogP contribution in [0.3, 0.4) is 0 Å². The number of unbranched alkanes of at least 4 members (excludes halogenated alkanes) is 1. The first-order valence-electron chi connectivity index (χ1n) is 5.19. The first-order chi connectivity index (χ1) is 7.13. The smallest absolute Gasteiger partial charge is 0.256 e. The first-order valence-corrected chi connectivity index (χ1v) is 5.19. The summed E-state index contributed by atoms with van der Waals surface area (Å²) >= 11 is 0. The van der Waals surface area contributed by atoms with Gasteiger partial charge >= 0.3 is 0 Å². The summed E-state index contributed by atoms with van der Waals surface area (Å²) in [7, 11) is 0. The van der Waals surface area contributed by atoms with E-state index in [-0.39, 0.29) is 6.54 Å². The van der Waals surface area contributed by atoms with E-state index in [1.807, 2.05) is 0 Å². The Hall–Kier alpha value is -1.13. The van der Waals surface area contributed by atoms with E-state index in [4.69, 9.17) is 0 Å². The van der Waals surface area contributed by atoms with Crippen LogP contribution in [0, 0.1) is 6.92 Å². The fraction of sp³-hybridized carbons (Fsp3) is 0.700. The Morgan fingerprint density at radius 3 is 2.87 bits per heavy atom. The summed E-state index contributed by atoms with van der Waals surface area (Å²) in [5.74, 6) is 0.543. The number of halogens is 2. The molecule has 0 saturated heterocycles. The zero-order valence-electron chi connectivity index (χ0n) is 9.13. The molecular weight excluding hydrogens is 200 g/mol. The molecule has 0 spiro atoms. The number of alkyl halides is 2. The third-order valence-electron chi connectivity index (χ3n) is 2.05. The molecule has 1 aromatic rings.